The van der Waals surface area contributed by atoms with Gasteiger partial charge in [0.1, 0.15) is 0 Å². The molecule has 0 atom stereocenters. The van der Waals surface area contributed by atoms with Crippen LogP contribution in [-0.4, -0.2) is 67.8 Å². The van der Waals surface area contributed by atoms with Crippen LogP contribution in [0.3, 0.4) is 0 Å². The van der Waals surface area contributed by atoms with Gasteiger partial charge in [-0.25, -0.2) is 0 Å². The van der Waals surface area contributed by atoms with E-state index in [1.54, 1.807) is 18.2 Å². The number of rotatable bonds is 7. The molecule has 2 aromatic carbocycles. The number of carbonyl (C=O) groups is 2. The summed E-state index contributed by atoms with van der Waals surface area (Å²) in [6, 6.07) is 13.1. The first-order valence-electron chi connectivity index (χ1n) is 12.5. The largest absolute Gasteiger partial charge is 0.368 e. The lowest BCUT2D eigenvalue weighted by atomic mass is 9.71. The lowest BCUT2D eigenvalue weighted by Crippen LogP contribution is -2.48. The van der Waals surface area contributed by atoms with Crippen LogP contribution in [0.25, 0.3) is 0 Å². The molecular weight excluding hydrogens is 481 g/mol. The molecule has 1 saturated carbocycles. The van der Waals surface area contributed by atoms with Gasteiger partial charge < -0.3 is 9.80 Å². The van der Waals surface area contributed by atoms with Crippen molar-refractivity contribution < 1.29 is 9.59 Å². The van der Waals surface area contributed by atoms with E-state index < -0.39 is 0 Å². The van der Waals surface area contributed by atoms with Crippen LogP contribution in [0.4, 0.5) is 5.69 Å². The summed E-state index contributed by atoms with van der Waals surface area (Å²) in [6.07, 6.45) is 6.17. The molecule has 7 heteroatoms. The van der Waals surface area contributed by atoms with Crippen LogP contribution in [0.2, 0.25) is 10.0 Å². The molecule has 2 aliphatic rings. The average molecular weight is 517 g/mol. The van der Waals surface area contributed by atoms with Gasteiger partial charge in [-0.2, -0.15) is 0 Å². The monoisotopic (exact) mass is 515 g/mol. The highest BCUT2D eigenvalue weighted by atomic mass is 35.5. The third kappa shape index (κ3) is 6.02. The Morgan fingerprint density at radius 2 is 1.74 bits per heavy atom. The number of anilines is 1. The van der Waals surface area contributed by atoms with Crippen molar-refractivity contribution in [1.29, 1.82) is 0 Å². The van der Waals surface area contributed by atoms with Gasteiger partial charge in [-0.05, 0) is 62.3 Å². The molecule has 0 N–H and O–H groups in total. The van der Waals surface area contributed by atoms with Crippen molar-refractivity contribution in [2.45, 2.75) is 45.1 Å². The summed E-state index contributed by atoms with van der Waals surface area (Å²) in [5.41, 5.74) is 2.28. The van der Waals surface area contributed by atoms with Crippen LogP contribution in [-0.2, 0) is 0 Å². The zero-order chi connectivity index (χ0) is 25.0. The zero-order valence-electron chi connectivity index (χ0n) is 20.7. The number of hydrogen-bond acceptors (Lipinski definition) is 4. The minimum absolute atomic E-state index is 0.0565. The number of amides is 1. The first kappa shape index (κ1) is 26.0. The Morgan fingerprint density at radius 1 is 1.06 bits per heavy atom. The Morgan fingerprint density at radius 3 is 2.43 bits per heavy atom. The predicted octanol–water partition coefficient (Wildman–Crippen LogP) is 6.04. The molecule has 188 valence electrons. The van der Waals surface area contributed by atoms with E-state index in [1.807, 2.05) is 36.2 Å². The fourth-order valence-corrected chi connectivity index (χ4v) is 5.88. The molecule has 35 heavy (non-hydrogen) atoms. The quantitative estimate of drug-likeness (QED) is 0.421. The minimum Gasteiger partial charge on any atom is -0.368 e. The first-order chi connectivity index (χ1) is 16.8. The summed E-state index contributed by atoms with van der Waals surface area (Å²) < 4.78 is 0. The van der Waals surface area contributed by atoms with Crippen molar-refractivity contribution >= 4 is 41.1 Å². The van der Waals surface area contributed by atoms with Gasteiger partial charge in [0, 0.05) is 44.8 Å². The van der Waals surface area contributed by atoms with E-state index in [0.717, 1.165) is 70.4 Å². The summed E-state index contributed by atoms with van der Waals surface area (Å²) in [5.74, 6) is -0.0565. The summed E-state index contributed by atoms with van der Waals surface area (Å²) in [4.78, 5) is 31.1. The SMILES string of the molecule is CN(C(=O)c1ccccc1C=O)C1CCC(C)(CCN2CCN(c3cccc(Cl)c3Cl)CC2)CC1. The van der Waals surface area contributed by atoms with Crippen LogP contribution in [0.5, 0.6) is 0 Å². The molecule has 1 heterocycles. The van der Waals surface area contributed by atoms with Gasteiger partial charge in [-0.3, -0.25) is 14.5 Å². The topological polar surface area (TPSA) is 43.9 Å². The standard InChI is InChI=1S/C28H35Cl2N3O2/c1-28(14-15-32-16-18-33(19-17-32)25-9-5-8-24(29)26(25)30)12-10-22(11-13-28)31(2)27(35)23-7-4-3-6-21(23)20-34/h3-9,20,22H,10-19H2,1-2H3. The third-order valence-corrected chi connectivity index (χ3v) is 8.83. The normalized spacial score (nSPS) is 23.2. The van der Waals surface area contributed by atoms with E-state index in [9.17, 15) is 9.59 Å². The van der Waals surface area contributed by atoms with Gasteiger partial charge in [0.15, 0.2) is 6.29 Å². The third-order valence-electron chi connectivity index (χ3n) is 8.02. The Hall–Kier alpha value is -2.08. The van der Waals surface area contributed by atoms with Crippen LogP contribution >= 0.6 is 23.2 Å². The smallest absolute Gasteiger partial charge is 0.254 e. The Bertz CT molecular complexity index is 1040. The van der Waals surface area contributed by atoms with Gasteiger partial charge in [0.25, 0.3) is 5.91 Å². The van der Waals surface area contributed by atoms with Gasteiger partial charge in [-0.1, -0.05) is 54.4 Å². The second-order valence-electron chi connectivity index (χ2n) is 10.3. The maximum absolute atomic E-state index is 13.0. The van der Waals surface area contributed by atoms with E-state index in [-0.39, 0.29) is 11.9 Å². The number of hydrogen-bond donors (Lipinski definition) is 0. The molecule has 0 spiro atoms. The predicted molar refractivity (Wildman–Crippen MR) is 144 cm³/mol. The summed E-state index contributed by atoms with van der Waals surface area (Å²) in [5, 5.41) is 1.25. The molecule has 1 aliphatic carbocycles. The second kappa shape index (κ2) is 11.3. The highest BCUT2D eigenvalue weighted by molar-refractivity contribution is 6.43. The minimum atomic E-state index is -0.0565. The number of benzene rings is 2. The molecular formula is C28H35Cl2N3O2. The molecule has 0 unspecified atom stereocenters. The number of halogens is 2. The summed E-state index contributed by atoms with van der Waals surface area (Å²) in [6.45, 7) is 7.44. The number of piperazine rings is 1. The molecule has 0 bridgehead atoms. The van der Waals surface area contributed by atoms with Crippen molar-refractivity contribution in [1.82, 2.24) is 9.80 Å². The van der Waals surface area contributed by atoms with Crippen LogP contribution in [0, 0.1) is 5.41 Å². The van der Waals surface area contributed by atoms with E-state index in [0.29, 0.717) is 26.6 Å². The van der Waals surface area contributed by atoms with Gasteiger partial charge >= 0.3 is 0 Å². The molecule has 2 aromatic rings. The molecule has 1 amide bonds. The number of aldehydes is 1. The van der Waals surface area contributed by atoms with Crippen molar-refractivity contribution in [3.8, 4) is 0 Å². The fourth-order valence-electron chi connectivity index (χ4n) is 5.46. The molecule has 4 rings (SSSR count). The van der Waals surface area contributed by atoms with Gasteiger partial charge in [-0.15, -0.1) is 0 Å². The molecule has 0 aromatic heterocycles. The van der Waals surface area contributed by atoms with E-state index in [4.69, 9.17) is 23.2 Å². The lowest BCUT2D eigenvalue weighted by Gasteiger charge is -2.42. The molecule has 0 radical (unpaired) electrons. The maximum atomic E-state index is 13.0. The number of nitrogens with zero attached hydrogens (tertiary/aromatic N) is 3. The Kier molecular flexibility index (Phi) is 8.41. The van der Waals surface area contributed by atoms with Crippen LogP contribution in [0.1, 0.15) is 59.7 Å². The number of carbonyl (C=O) groups excluding carboxylic acids is 2. The van der Waals surface area contributed by atoms with Crippen LogP contribution in [0.15, 0.2) is 42.5 Å². The van der Waals surface area contributed by atoms with E-state index in [2.05, 4.69) is 16.7 Å². The van der Waals surface area contributed by atoms with E-state index in [1.165, 1.54) is 6.42 Å². The fraction of sp³-hybridized carbons (Fsp3) is 0.500. The molecule has 5 nitrogen and oxygen atoms in total. The van der Waals surface area contributed by atoms with Crippen LogP contribution < -0.4 is 4.90 Å². The van der Waals surface area contributed by atoms with Crippen molar-refractivity contribution in [2.24, 2.45) is 5.41 Å². The highest BCUT2D eigenvalue weighted by Crippen LogP contribution is 2.41. The Labute approximate surface area is 219 Å². The summed E-state index contributed by atoms with van der Waals surface area (Å²) >= 11 is 12.6. The summed E-state index contributed by atoms with van der Waals surface area (Å²) in [7, 11) is 1.88. The molecule has 2 fully saturated rings. The molecule has 1 aliphatic heterocycles. The Balaban J connectivity index is 1.24. The zero-order valence-corrected chi connectivity index (χ0v) is 22.2. The van der Waals surface area contributed by atoms with Gasteiger partial charge in [0.05, 0.1) is 21.3 Å². The van der Waals surface area contributed by atoms with Crippen molar-refractivity contribution in [3.05, 3.63) is 63.6 Å². The maximum Gasteiger partial charge on any atom is 0.254 e. The van der Waals surface area contributed by atoms with E-state index >= 15 is 0 Å². The van der Waals surface area contributed by atoms with Crippen molar-refractivity contribution in [3.63, 3.8) is 0 Å². The van der Waals surface area contributed by atoms with Crippen molar-refractivity contribution in [2.75, 3.05) is 44.7 Å². The van der Waals surface area contributed by atoms with Gasteiger partial charge in [0.2, 0.25) is 0 Å². The second-order valence-corrected chi connectivity index (χ2v) is 11.1. The lowest BCUT2D eigenvalue weighted by molar-refractivity contribution is 0.0589. The average Bonchev–Trinajstić information content (AvgIpc) is 2.89. The highest BCUT2D eigenvalue weighted by Gasteiger charge is 2.34. The molecule has 1 saturated heterocycles. The first-order valence-corrected chi connectivity index (χ1v) is 13.3.